The highest BCUT2D eigenvalue weighted by Gasteiger charge is 2.14. The van der Waals surface area contributed by atoms with Crippen LogP contribution in [0.4, 0.5) is 10.8 Å². The van der Waals surface area contributed by atoms with Gasteiger partial charge in [-0.15, -0.1) is 21.5 Å². The van der Waals surface area contributed by atoms with Crippen molar-refractivity contribution in [1.29, 1.82) is 0 Å². The maximum Gasteiger partial charge on any atom is 0.234 e. The van der Waals surface area contributed by atoms with E-state index in [-0.39, 0.29) is 11.7 Å². The van der Waals surface area contributed by atoms with Gasteiger partial charge in [-0.2, -0.15) is 0 Å². The van der Waals surface area contributed by atoms with Gasteiger partial charge >= 0.3 is 0 Å². The first-order chi connectivity index (χ1) is 15.6. The summed E-state index contributed by atoms with van der Waals surface area (Å²) in [6.07, 6.45) is 0. The van der Waals surface area contributed by atoms with Crippen molar-refractivity contribution in [2.45, 2.75) is 32.1 Å². The Labute approximate surface area is 195 Å². The number of aromatic nitrogens is 4. The number of benzene rings is 2. The van der Waals surface area contributed by atoms with E-state index in [1.807, 2.05) is 78.4 Å². The molecular weight excluding hydrogens is 440 g/mol. The molecular formula is C23H24N6OS2. The lowest BCUT2D eigenvalue weighted by molar-refractivity contribution is -0.113. The van der Waals surface area contributed by atoms with Gasteiger partial charge in [-0.3, -0.25) is 4.79 Å². The van der Waals surface area contributed by atoms with Gasteiger partial charge in [-0.25, -0.2) is 4.98 Å². The molecule has 164 valence electrons. The number of thioether (sulfide) groups is 1. The molecule has 0 saturated carbocycles. The van der Waals surface area contributed by atoms with Crippen molar-refractivity contribution in [2.75, 3.05) is 16.4 Å². The quantitative estimate of drug-likeness (QED) is 0.336. The molecule has 0 saturated heterocycles. The minimum Gasteiger partial charge on any atom is -0.354 e. The number of para-hydroxylation sites is 1. The number of anilines is 2. The number of thiazole rings is 1. The SMILES string of the molecule is CCn1c(CNc2nc(-c3ccccc3)cs2)nnc1SCC(=O)Nc1ccccc1C. The molecule has 0 fully saturated rings. The summed E-state index contributed by atoms with van der Waals surface area (Å²) in [5, 5.41) is 18.5. The highest BCUT2D eigenvalue weighted by Crippen LogP contribution is 2.25. The first kappa shape index (κ1) is 22.0. The number of aryl methyl sites for hydroxylation is 1. The van der Waals surface area contributed by atoms with Crippen LogP contribution in [-0.2, 0) is 17.9 Å². The monoisotopic (exact) mass is 464 g/mol. The van der Waals surface area contributed by atoms with Crippen LogP contribution in [0.25, 0.3) is 11.3 Å². The molecule has 0 aliphatic heterocycles. The minimum absolute atomic E-state index is 0.0640. The average Bonchev–Trinajstić information content (AvgIpc) is 3.45. The Bertz CT molecular complexity index is 1190. The van der Waals surface area contributed by atoms with E-state index >= 15 is 0 Å². The number of rotatable bonds is 9. The third kappa shape index (κ3) is 5.35. The van der Waals surface area contributed by atoms with Crippen molar-refractivity contribution in [1.82, 2.24) is 19.7 Å². The lowest BCUT2D eigenvalue weighted by atomic mass is 10.2. The first-order valence-corrected chi connectivity index (χ1v) is 12.2. The van der Waals surface area contributed by atoms with Gasteiger partial charge in [0.25, 0.3) is 0 Å². The molecule has 0 radical (unpaired) electrons. The summed E-state index contributed by atoms with van der Waals surface area (Å²) in [7, 11) is 0. The van der Waals surface area contributed by atoms with Crippen molar-refractivity contribution in [2.24, 2.45) is 0 Å². The molecule has 4 rings (SSSR count). The molecule has 2 aromatic heterocycles. The molecule has 32 heavy (non-hydrogen) atoms. The summed E-state index contributed by atoms with van der Waals surface area (Å²) < 4.78 is 2.02. The summed E-state index contributed by atoms with van der Waals surface area (Å²) in [4.78, 5) is 17.0. The van der Waals surface area contributed by atoms with Gasteiger partial charge < -0.3 is 15.2 Å². The highest BCUT2D eigenvalue weighted by atomic mass is 32.2. The summed E-state index contributed by atoms with van der Waals surface area (Å²) in [6, 6.07) is 17.8. The summed E-state index contributed by atoms with van der Waals surface area (Å²) in [5.74, 6) is 1.02. The Hall–Kier alpha value is -3.17. The molecule has 2 N–H and O–H groups in total. The van der Waals surface area contributed by atoms with Crippen LogP contribution in [0.3, 0.4) is 0 Å². The Kier molecular flexibility index (Phi) is 7.18. The molecule has 0 aliphatic rings. The topological polar surface area (TPSA) is 84.7 Å². The van der Waals surface area contributed by atoms with E-state index in [1.165, 1.54) is 11.8 Å². The van der Waals surface area contributed by atoms with E-state index in [9.17, 15) is 4.79 Å². The van der Waals surface area contributed by atoms with E-state index in [2.05, 4.69) is 25.8 Å². The van der Waals surface area contributed by atoms with Crippen molar-refractivity contribution in [3.63, 3.8) is 0 Å². The van der Waals surface area contributed by atoms with Gasteiger partial charge in [0.05, 0.1) is 18.0 Å². The Morgan fingerprint density at radius 2 is 1.88 bits per heavy atom. The summed E-state index contributed by atoms with van der Waals surface area (Å²) in [6.45, 7) is 5.25. The molecule has 1 amide bonds. The summed E-state index contributed by atoms with van der Waals surface area (Å²) in [5.41, 5.74) is 3.91. The van der Waals surface area contributed by atoms with E-state index in [0.717, 1.165) is 45.2 Å². The number of carbonyl (C=O) groups excluding carboxylic acids is 1. The number of amides is 1. The van der Waals surface area contributed by atoms with Gasteiger partial charge in [0.1, 0.15) is 0 Å². The third-order valence-electron chi connectivity index (χ3n) is 4.83. The predicted octanol–water partition coefficient (Wildman–Crippen LogP) is 5.07. The number of hydrogen-bond donors (Lipinski definition) is 2. The van der Waals surface area contributed by atoms with Gasteiger partial charge in [-0.1, -0.05) is 60.3 Å². The fraction of sp³-hybridized carbons (Fsp3) is 0.217. The van der Waals surface area contributed by atoms with Crippen LogP contribution < -0.4 is 10.6 Å². The second kappa shape index (κ2) is 10.4. The lowest BCUT2D eigenvalue weighted by Crippen LogP contribution is -2.15. The largest absolute Gasteiger partial charge is 0.354 e. The molecule has 9 heteroatoms. The van der Waals surface area contributed by atoms with E-state index < -0.39 is 0 Å². The fourth-order valence-electron chi connectivity index (χ4n) is 3.15. The van der Waals surface area contributed by atoms with Crippen LogP contribution in [0.1, 0.15) is 18.3 Å². The number of nitrogens with one attached hydrogen (secondary N) is 2. The maximum atomic E-state index is 12.4. The third-order valence-corrected chi connectivity index (χ3v) is 6.60. The van der Waals surface area contributed by atoms with E-state index in [4.69, 9.17) is 0 Å². The Morgan fingerprint density at radius 3 is 2.66 bits per heavy atom. The zero-order chi connectivity index (χ0) is 22.3. The zero-order valence-electron chi connectivity index (χ0n) is 17.9. The Balaban J connectivity index is 1.34. The number of hydrogen-bond acceptors (Lipinski definition) is 7. The predicted molar refractivity (Wildman–Crippen MR) is 131 cm³/mol. The average molecular weight is 465 g/mol. The van der Waals surface area contributed by atoms with Crippen molar-refractivity contribution in [3.05, 3.63) is 71.4 Å². The summed E-state index contributed by atoms with van der Waals surface area (Å²) >= 11 is 2.95. The number of nitrogens with zero attached hydrogens (tertiary/aromatic N) is 4. The van der Waals surface area contributed by atoms with Crippen molar-refractivity contribution >= 4 is 39.8 Å². The molecule has 0 spiro atoms. The van der Waals surface area contributed by atoms with Crippen LogP contribution in [0, 0.1) is 6.92 Å². The van der Waals surface area contributed by atoms with Crippen LogP contribution in [0.15, 0.2) is 65.1 Å². The van der Waals surface area contributed by atoms with Crippen molar-refractivity contribution in [3.8, 4) is 11.3 Å². The zero-order valence-corrected chi connectivity index (χ0v) is 19.5. The molecule has 0 unspecified atom stereocenters. The normalized spacial score (nSPS) is 10.8. The number of carbonyl (C=O) groups is 1. The molecule has 4 aromatic rings. The van der Waals surface area contributed by atoms with Crippen LogP contribution in [0.2, 0.25) is 0 Å². The highest BCUT2D eigenvalue weighted by molar-refractivity contribution is 7.99. The molecule has 7 nitrogen and oxygen atoms in total. The molecule has 0 bridgehead atoms. The molecule has 0 atom stereocenters. The van der Waals surface area contributed by atoms with Crippen LogP contribution >= 0.6 is 23.1 Å². The van der Waals surface area contributed by atoms with Crippen LogP contribution in [-0.4, -0.2) is 31.4 Å². The molecule has 0 aliphatic carbocycles. The lowest BCUT2D eigenvalue weighted by Gasteiger charge is -2.09. The second-order valence-electron chi connectivity index (χ2n) is 7.05. The first-order valence-electron chi connectivity index (χ1n) is 10.3. The second-order valence-corrected chi connectivity index (χ2v) is 8.85. The van der Waals surface area contributed by atoms with Gasteiger partial charge in [0.2, 0.25) is 5.91 Å². The maximum absolute atomic E-state index is 12.4. The smallest absolute Gasteiger partial charge is 0.234 e. The molecule has 2 heterocycles. The van der Waals surface area contributed by atoms with E-state index in [0.29, 0.717) is 6.54 Å². The minimum atomic E-state index is -0.0640. The molecule has 2 aromatic carbocycles. The van der Waals surface area contributed by atoms with Crippen molar-refractivity contribution < 1.29 is 4.79 Å². The fourth-order valence-corrected chi connectivity index (χ4v) is 4.69. The van der Waals surface area contributed by atoms with Gasteiger partial charge in [0, 0.05) is 23.2 Å². The van der Waals surface area contributed by atoms with Gasteiger partial charge in [0.15, 0.2) is 16.1 Å². The standard InChI is InChI=1S/C23H24N6OS2/c1-3-29-20(13-24-22-26-19(14-31-22)17-10-5-4-6-11-17)27-28-23(29)32-15-21(30)25-18-12-8-7-9-16(18)2/h4-12,14H,3,13,15H2,1-2H3,(H,24,26)(H,25,30). The van der Waals surface area contributed by atoms with E-state index in [1.54, 1.807) is 11.3 Å². The van der Waals surface area contributed by atoms with Gasteiger partial charge in [-0.05, 0) is 25.5 Å². The van der Waals surface area contributed by atoms with Crippen LogP contribution in [0.5, 0.6) is 0 Å². The Morgan fingerprint density at radius 1 is 1.09 bits per heavy atom.